The molecule has 0 spiro atoms. The zero-order valence-corrected chi connectivity index (χ0v) is 8.18. The molecule has 2 unspecified atom stereocenters. The maximum Gasteiger partial charge on any atom is 0.353 e. The molecule has 1 aliphatic rings. The van der Waals surface area contributed by atoms with Crippen LogP contribution in [0.3, 0.4) is 0 Å². The number of nitrogens with zero attached hydrogens (tertiary/aromatic N) is 2. The molecule has 0 saturated carbocycles. The fraction of sp³-hybridized carbons (Fsp3) is 0.667. The summed E-state index contributed by atoms with van der Waals surface area (Å²) in [6.45, 7) is 0.291. The van der Waals surface area contributed by atoms with Gasteiger partial charge in [-0.15, -0.1) is 0 Å². The molecule has 0 radical (unpaired) electrons. The fourth-order valence-corrected chi connectivity index (χ4v) is 2.23. The van der Waals surface area contributed by atoms with Crippen LogP contribution in [-0.4, -0.2) is 39.1 Å². The maximum absolute atomic E-state index is 11.1. The van der Waals surface area contributed by atoms with Gasteiger partial charge in [0.1, 0.15) is 12.7 Å². The Labute approximate surface area is 80.0 Å². The van der Waals surface area contributed by atoms with E-state index in [0.29, 0.717) is 18.9 Å². The molecule has 1 aromatic heterocycles. The third kappa shape index (κ3) is 2.39. The van der Waals surface area contributed by atoms with Crippen LogP contribution >= 0.6 is 7.60 Å². The Balaban J connectivity index is 1.96. The van der Waals surface area contributed by atoms with Gasteiger partial charge in [0.05, 0.1) is 12.7 Å². The van der Waals surface area contributed by atoms with Crippen LogP contribution in [0.25, 0.3) is 0 Å². The molecule has 1 saturated heterocycles. The monoisotopic (exact) mass is 219 g/mol. The van der Waals surface area contributed by atoms with Crippen LogP contribution in [0.4, 0.5) is 0 Å². The molecule has 1 fully saturated rings. The molecule has 2 N–H and O–H groups in total. The van der Waals surface area contributed by atoms with Crippen LogP contribution in [0.2, 0.25) is 0 Å². The van der Waals surface area contributed by atoms with Crippen LogP contribution in [0, 0.1) is 0 Å². The first-order valence-electron chi connectivity index (χ1n) is 4.08. The first-order valence-corrected chi connectivity index (χ1v) is 5.84. The predicted octanol–water partition coefficient (Wildman–Crippen LogP) is -0.0945. The smallest absolute Gasteiger partial charge is 0.353 e. The molecule has 1 aromatic rings. The second-order valence-corrected chi connectivity index (χ2v) is 4.73. The minimum Gasteiger partial charge on any atom is -0.366 e. The Morgan fingerprint density at radius 2 is 2.64 bits per heavy atom. The third-order valence-electron chi connectivity index (χ3n) is 1.75. The summed E-state index contributed by atoms with van der Waals surface area (Å²) >= 11 is 0. The average molecular weight is 219 g/mol. The quantitative estimate of drug-likeness (QED) is 0.674. The second-order valence-electron chi connectivity index (χ2n) is 2.98. The highest BCUT2D eigenvalue weighted by molar-refractivity contribution is 7.52. The van der Waals surface area contributed by atoms with Crippen LogP contribution in [0.5, 0.6) is 0 Å². The molecule has 78 valence electrons. The van der Waals surface area contributed by atoms with E-state index in [0.717, 1.165) is 0 Å². The first kappa shape index (κ1) is 9.79. The number of aromatic nitrogens is 3. The third-order valence-corrected chi connectivity index (χ3v) is 2.88. The Hall–Kier alpha value is -0.750. The van der Waals surface area contributed by atoms with Crippen molar-refractivity contribution in [2.24, 2.45) is 0 Å². The highest BCUT2D eigenvalue weighted by atomic mass is 31.2. The summed E-state index contributed by atoms with van der Waals surface area (Å²) in [5, 5.41) is 6.37. The van der Waals surface area contributed by atoms with E-state index in [1.54, 1.807) is 0 Å². The lowest BCUT2D eigenvalue weighted by Crippen LogP contribution is -2.27. The number of H-pyrrole nitrogens is 1. The maximum atomic E-state index is 11.1. The van der Waals surface area contributed by atoms with Crippen molar-refractivity contribution in [1.29, 1.82) is 0 Å². The van der Waals surface area contributed by atoms with Crippen LogP contribution in [0.15, 0.2) is 6.33 Å². The Bertz CT molecular complexity index is 341. The van der Waals surface area contributed by atoms with Gasteiger partial charge >= 0.3 is 7.60 Å². The molecule has 0 aliphatic carbocycles. The van der Waals surface area contributed by atoms with Gasteiger partial charge in [-0.3, -0.25) is 9.66 Å². The molecule has 7 nitrogen and oxygen atoms in total. The summed E-state index contributed by atoms with van der Waals surface area (Å²) in [6, 6.07) is 0. The van der Waals surface area contributed by atoms with E-state index < -0.39 is 13.7 Å². The standard InChI is InChI=1S/C6H10N3O4P/c10-14(11)4-12-2-5(13-14)1-6-7-3-8-9-6/h3,5H,1-2,4H2,(H,10,11)(H,7,8,9). The minimum atomic E-state index is -3.55. The Morgan fingerprint density at radius 1 is 1.79 bits per heavy atom. The Kier molecular flexibility index (Phi) is 2.64. The van der Waals surface area contributed by atoms with Crippen molar-refractivity contribution in [2.75, 3.05) is 13.0 Å². The van der Waals surface area contributed by atoms with Crippen molar-refractivity contribution in [1.82, 2.24) is 15.2 Å². The van der Waals surface area contributed by atoms with E-state index in [4.69, 9.17) is 14.2 Å². The summed E-state index contributed by atoms with van der Waals surface area (Å²) in [6.07, 6.45) is 1.12. The molecular weight excluding hydrogens is 209 g/mol. The van der Waals surface area contributed by atoms with Gasteiger partial charge in [0.15, 0.2) is 5.82 Å². The van der Waals surface area contributed by atoms with Crippen molar-refractivity contribution < 1.29 is 18.7 Å². The fourth-order valence-electron chi connectivity index (χ4n) is 1.23. The highest BCUT2D eigenvalue weighted by Crippen LogP contribution is 2.46. The van der Waals surface area contributed by atoms with Gasteiger partial charge in [-0.2, -0.15) is 5.10 Å². The summed E-state index contributed by atoms with van der Waals surface area (Å²) in [5.74, 6) is 0.542. The predicted molar refractivity (Wildman–Crippen MR) is 45.6 cm³/mol. The molecular formula is C6H10N3O4P. The molecule has 0 aromatic carbocycles. The van der Waals surface area contributed by atoms with Crippen LogP contribution in [0.1, 0.15) is 5.82 Å². The topological polar surface area (TPSA) is 97.3 Å². The molecule has 14 heavy (non-hydrogen) atoms. The summed E-state index contributed by atoms with van der Waals surface area (Å²) in [4.78, 5) is 13.0. The minimum absolute atomic E-state index is 0.239. The number of hydrogen-bond acceptors (Lipinski definition) is 5. The van der Waals surface area contributed by atoms with Gasteiger partial charge in [0.2, 0.25) is 0 Å². The van der Waals surface area contributed by atoms with Gasteiger partial charge in [-0.05, 0) is 0 Å². The lowest BCUT2D eigenvalue weighted by Gasteiger charge is -2.25. The lowest BCUT2D eigenvalue weighted by molar-refractivity contribution is 0.0169. The zero-order valence-electron chi connectivity index (χ0n) is 7.29. The molecule has 2 atom stereocenters. The van der Waals surface area contributed by atoms with Gasteiger partial charge in [-0.25, -0.2) is 4.98 Å². The molecule has 2 heterocycles. The van der Waals surface area contributed by atoms with Gasteiger partial charge in [-0.1, -0.05) is 0 Å². The van der Waals surface area contributed by atoms with Crippen molar-refractivity contribution in [3.8, 4) is 0 Å². The highest BCUT2D eigenvalue weighted by Gasteiger charge is 2.31. The molecule has 2 rings (SSSR count). The number of aromatic amines is 1. The largest absolute Gasteiger partial charge is 0.366 e. The van der Waals surface area contributed by atoms with Crippen LogP contribution in [-0.2, 0) is 20.2 Å². The number of nitrogens with one attached hydrogen (secondary N) is 1. The summed E-state index contributed by atoms with van der Waals surface area (Å²) < 4.78 is 21.0. The van der Waals surface area contributed by atoms with E-state index in [1.807, 2.05) is 0 Å². The van der Waals surface area contributed by atoms with Crippen molar-refractivity contribution >= 4 is 7.60 Å². The van der Waals surface area contributed by atoms with E-state index in [2.05, 4.69) is 15.2 Å². The second kappa shape index (κ2) is 3.78. The van der Waals surface area contributed by atoms with E-state index in [9.17, 15) is 4.57 Å². The number of rotatable bonds is 2. The van der Waals surface area contributed by atoms with Gasteiger partial charge in [0.25, 0.3) is 0 Å². The van der Waals surface area contributed by atoms with Gasteiger partial charge in [0, 0.05) is 6.42 Å². The lowest BCUT2D eigenvalue weighted by atomic mass is 10.2. The van der Waals surface area contributed by atoms with Crippen molar-refractivity contribution in [2.45, 2.75) is 12.5 Å². The van der Waals surface area contributed by atoms with Crippen molar-refractivity contribution in [3.05, 3.63) is 12.2 Å². The van der Waals surface area contributed by atoms with E-state index >= 15 is 0 Å². The van der Waals surface area contributed by atoms with Crippen molar-refractivity contribution in [3.63, 3.8) is 0 Å². The first-order chi connectivity index (χ1) is 6.66. The van der Waals surface area contributed by atoms with E-state index in [1.165, 1.54) is 6.33 Å². The molecule has 0 amide bonds. The number of ether oxygens (including phenoxy) is 1. The summed E-state index contributed by atoms with van der Waals surface area (Å²) in [7, 11) is -3.55. The zero-order chi connectivity index (χ0) is 10.0. The molecule has 8 heteroatoms. The summed E-state index contributed by atoms with van der Waals surface area (Å²) in [5.41, 5.74) is 0. The van der Waals surface area contributed by atoms with Gasteiger partial charge < -0.3 is 14.2 Å². The molecule has 1 aliphatic heterocycles. The van der Waals surface area contributed by atoms with E-state index in [-0.39, 0.29) is 6.35 Å². The Morgan fingerprint density at radius 3 is 3.29 bits per heavy atom. The van der Waals surface area contributed by atoms with Crippen LogP contribution < -0.4 is 0 Å². The normalized spacial score (nSPS) is 33.1. The average Bonchev–Trinajstić information content (AvgIpc) is 2.54. The number of hydrogen-bond donors (Lipinski definition) is 2. The molecule has 0 bridgehead atoms. The SMILES string of the molecule is O=P1(O)COCC(Cc2nc[nH]n2)O1.